The van der Waals surface area contributed by atoms with Gasteiger partial charge in [0.25, 0.3) is 0 Å². The van der Waals surface area contributed by atoms with Crippen LogP contribution in [0.1, 0.15) is 19.5 Å². The number of nitrogen functional groups attached to an aromatic ring is 1. The molecule has 8 nitrogen and oxygen atoms in total. The average molecular weight is 308 g/mol. The van der Waals surface area contributed by atoms with Crippen LogP contribution in [0.5, 0.6) is 0 Å². The van der Waals surface area contributed by atoms with Gasteiger partial charge in [0.15, 0.2) is 0 Å². The first-order valence-corrected chi connectivity index (χ1v) is 7.55. The highest BCUT2D eigenvalue weighted by molar-refractivity contribution is 7.99. The van der Waals surface area contributed by atoms with Gasteiger partial charge in [-0.25, -0.2) is 5.84 Å². The number of nitrogens with one attached hydrogen (secondary N) is 1. The number of hydrogen-bond donors (Lipinski definition) is 2. The summed E-state index contributed by atoms with van der Waals surface area (Å²) in [7, 11) is 1.89. The zero-order chi connectivity index (χ0) is 15.4. The lowest BCUT2D eigenvalue weighted by Crippen LogP contribution is -2.25. The Balaban J connectivity index is 2.34. The van der Waals surface area contributed by atoms with Crippen molar-refractivity contribution in [1.82, 2.24) is 24.7 Å². The summed E-state index contributed by atoms with van der Waals surface area (Å²) in [4.78, 5) is 15.1. The molecule has 0 atom stereocenters. The zero-order valence-electron chi connectivity index (χ0n) is 12.7. The number of nitrogens with zero attached hydrogens (tertiary/aromatic N) is 6. The fourth-order valence-corrected chi connectivity index (χ4v) is 2.73. The van der Waals surface area contributed by atoms with Crippen LogP contribution < -0.4 is 16.2 Å². The summed E-state index contributed by atoms with van der Waals surface area (Å²) in [5.74, 6) is 6.42. The van der Waals surface area contributed by atoms with Gasteiger partial charge in [-0.3, -0.25) is 10.1 Å². The van der Waals surface area contributed by atoms with Gasteiger partial charge in [0.1, 0.15) is 5.03 Å². The predicted molar refractivity (Wildman–Crippen MR) is 83.3 cm³/mol. The first-order valence-electron chi connectivity index (χ1n) is 6.73. The summed E-state index contributed by atoms with van der Waals surface area (Å²) >= 11 is 1.43. The number of aryl methyl sites for hydroxylation is 2. The molecule has 2 rings (SSSR count). The quantitative estimate of drug-likeness (QED) is 0.607. The molecule has 114 valence electrons. The Kier molecular flexibility index (Phi) is 4.97. The van der Waals surface area contributed by atoms with Crippen molar-refractivity contribution in [3.63, 3.8) is 0 Å². The molecule has 0 aliphatic rings. The third-order valence-electron chi connectivity index (χ3n) is 2.93. The Labute approximate surface area is 128 Å². The summed E-state index contributed by atoms with van der Waals surface area (Å²) in [6, 6.07) is 1.99. The molecule has 0 aromatic carbocycles. The number of hydrazine groups is 1. The van der Waals surface area contributed by atoms with E-state index in [1.807, 2.05) is 24.9 Å². The molecule has 2 aromatic rings. The van der Waals surface area contributed by atoms with Crippen molar-refractivity contribution in [3.05, 3.63) is 11.8 Å². The van der Waals surface area contributed by atoms with Crippen molar-refractivity contribution in [1.29, 1.82) is 0 Å². The average Bonchev–Trinajstić information content (AvgIpc) is 2.78. The number of aromatic nitrogens is 5. The second-order valence-corrected chi connectivity index (χ2v) is 5.40. The van der Waals surface area contributed by atoms with Gasteiger partial charge < -0.3 is 4.90 Å². The van der Waals surface area contributed by atoms with Gasteiger partial charge in [-0.2, -0.15) is 20.1 Å². The van der Waals surface area contributed by atoms with Gasteiger partial charge in [0.05, 0.1) is 5.69 Å². The summed E-state index contributed by atoms with van der Waals surface area (Å²) in [6.45, 7) is 7.70. The smallest absolute Gasteiger partial charge is 0.242 e. The molecule has 2 heterocycles. The van der Waals surface area contributed by atoms with E-state index in [1.54, 1.807) is 4.68 Å². The molecule has 0 bridgehead atoms. The number of nitrogens with two attached hydrogens (primary N) is 1. The fourth-order valence-electron chi connectivity index (χ4n) is 1.88. The number of hydrogen-bond acceptors (Lipinski definition) is 8. The minimum Gasteiger partial charge on any atom is -0.341 e. The lowest BCUT2D eigenvalue weighted by molar-refractivity contribution is 0.690. The van der Waals surface area contributed by atoms with Crippen molar-refractivity contribution < 1.29 is 0 Å². The normalized spacial score (nSPS) is 10.7. The molecule has 9 heteroatoms. The van der Waals surface area contributed by atoms with E-state index in [0.29, 0.717) is 17.1 Å². The molecule has 0 fully saturated rings. The van der Waals surface area contributed by atoms with Gasteiger partial charge in [-0.15, -0.1) is 0 Å². The van der Waals surface area contributed by atoms with Crippen LogP contribution in [0.4, 0.5) is 11.9 Å². The zero-order valence-corrected chi connectivity index (χ0v) is 13.5. The third kappa shape index (κ3) is 3.61. The van der Waals surface area contributed by atoms with Crippen molar-refractivity contribution in [3.8, 4) is 0 Å². The van der Waals surface area contributed by atoms with Crippen LogP contribution in [0, 0.1) is 6.92 Å². The highest BCUT2D eigenvalue weighted by atomic mass is 32.2. The molecule has 0 amide bonds. The van der Waals surface area contributed by atoms with Gasteiger partial charge in [0.2, 0.25) is 17.1 Å². The molecular formula is C12H20N8S. The third-order valence-corrected chi connectivity index (χ3v) is 3.89. The van der Waals surface area contributed by atoms with E-state index in [-0.39, 0.29) is 0 Å². The summed E-state index contributed by atoms with van der Waals surface area (Å²) < 4.78 is 1.80. The number of anilines is 2. The Morgan fingerprint density at radius 1 is 1.29 bits per heavy atom. The van der Waals surface area contributed by atoms with E-state index in [0.717, 1.165) is 23.8 Å². The maximum atomic E-state index is 5.45. The lowest BCUT2D eigenvalue weighted by Gasteiger charge is -2.19. The predicted octanol–water partition coefficient (Wildman–Crippen LogP) is 1.20. The monoisotopic (exact) mass is 308 g/mol. The highest BCUT2D eigenvalue weighted by Gasteiger charge is 2.13. The van der Waals surface area contributed by atoms with Crippen molar-refractivity contribution in [2.45, 2.75) is 31.0 Å². The maximum absolute atomic E-state index is 5.45. The second-order valence-electron chi connectivity index (χ2n) is 4.41. The largest absolute Gasteiger partial charge is 0.341 e. The Morgan fingerprint density at radius 3 is 2.52 bits per heavy atom. The standard InChI is InChI=1S/C12H20N8S/c1-5-20(6-2)11-14-10(17-13)15-12(16-11)21-9-7-8(3)18-19(9)4/h7H,5-6,13H2,1-4H3,(H,14,15,16,17). The second kappa shape index (κ2) is 6.72. The van der Waals surface area contributed by atoms with Crippen LogP contribution in [-0.2, 0) is 7.05 Å². The first kappa shape index (κ1) is 15.5. The van der Waals surface area contributed by atoms with Gasteiger partial charge >= 0.3 is 0 Å². The highest BCUT2D eigenvalue weighted by Crippen LogP contribution is 2.26. The fraction of sp³-hybridized carbons (Fsp3) is 0.500. The summed E-state index contributed by atoms with van der Waals surface area (Å²) in [5, 5.41) is 5.86. The van der Waals surface area contributed by atoms with Crippen molar-refractivity contribution >= 4 is 23.7 Å². The van der Waals surface area contributed by atoms with Gasteiger partial charge in [0, 0.05) is 20.1 Å². The minimum absolute atomic E-state index is 0.355. The van der Waals surface area contributed by atoms with Crippen LogP contribution in [0.2, 0.25) is 0 Å². The SMILES string of the molecule is CCN(CC)c1nc(NN)nc(Sc2cc(C)nn2C)n1. The number of rotatable bonds is 6. The molecule has 0 aliphatic carbocycles. The Morgan fingerprint density at radius 2 is 2.00 bits per heavy atom. The van der Waals surface area contributed by atoms with Gasteiger partial charge in [-0.1, -0.05) is 0 Å². The first-order chi connectivity index (χ1) is 10.1. The molecule has 0 saturated heterocycles. The van der Waals surface area contributed by atoms with E-state index < -0.39 is 0 Å². The van der Waals surface area contributed by atoms with E-state index in [4.69, 9.17) is 5.84 Å². The molecule has 0 spiro atoms. The molecule has 21 heavy (non-hydrogen) atoms. The summed E-state index contributed by atoms with van der Waals surface area (Å²) in [5.41, 5.74) is 3.45. The molecule has 0 saturated carbocycles. The summed E-state index contributed by atoms with van der Waals surface area (Å²) in [6.07, 6.45) is 0. The lowest BCUT2D eigenvalue weighted by atomic mass is 10.5. The van der Waals surface area contributed by atoms with Crippen molar-refractivity contribution in [2.24, 2.45) is 12.9 Å². The van der Waals surface area contributed by atoms with Crippen LogP contribution >= 0.6 is 11.8 Å². The Bertz CT molecular complexity index is 607. The Hall–Kier alpha value is -1.87. The maximum Gasteiger partial charge on any atom is 0.242 e. The van der Waals surface area contributed by atoms with Crippen LogP contribution in [0.25, 0.3) is 0 Å². The van der Waals surface area contributed by atoms with Crippen LogP contribution in [0.15, 0.2) is 16.2 Å². The van der Waals surface area contributed by atoms with Crippen molar-refractivity contribution in [2.75, 3.05) is 23.4 Å². The molecular weight excluding hydrogens is 288 g/mol. The molecule has 0 unspecified atom stereocenters. The van der Waals surface area contributed by atoms with Crippen LogP contribution in [0.3, 0.4) is 0 Å². The molecule has 0 radical (unpaired) electrons. The van der Waals surface area contributed by atoms with E-state index in [1.165, 1.54) is 11.8 Å². The molecule has 3 N–H and O–H groups in total. The van der Waals surface area contributed by atoms with E-state index >= 15 is 0 Å². The topological polar surface area (TPSA) is 97.8 Å². The van der Waals surface area contributed by atoms with Gasteiger partial charge in [-0.05, 0) is 38.6 Å². The molecule has 0 aliphatic heterocycles. The van der Waals surface area contributed by atoms with E-state index in [9.17, 15) is 0 Å². The van der Waals surface area contributed by atoms with Crippen LogP contribution in [-0.4, -0.2) is 37.8 Å². The minimum atomic E-state index is 0.355. The molecule has 2 aromatic heterocycles. The van der Waals surface area contributed by atoms with E-state index in [2.05, 4.69) is 39.3 Å².